The summed E-state index contributed by atoms with van der Waals surface area (Å²) in [6, 6.07) is 14.4. The predicted molar refractivity (Wildman–Crippen MR) is 111 cm³/mol. The lowest BCUT2D eigenvalue weighted by atomic mass is 10.1. The predicted octanol–water partition coefficient (Wildman–Crippen LogP) is 4.36. The summed E-state index contributed by atoms with van der Waals surface area (Å²) in [5, 5.41) is 0. The largest absolute Gasteiger partial charge is 0.468 e. The van der Waals surface area contributed by atoms with Crippen molar-refractivity contribution in [1.82, 2.24) is 4.90 Å². The minimum absolute atomic E-state index is 0.0871. The number of hydrogen-bond acceptors (Lipinski definition) is 6. The molecular formula is C23H16FNO5S. The number of rotatable bonds is 6. The van der Waals surface area contributed by atoms with Crippen molar-refractivity contribution in [3.63, 3.8) is 0 Å². The van der Waals surface area contributed by atoms with Crippen LogP contribution >= 0.6 is 11.8 Å². The van der Waals surface area contributed by atoms with Crippen LogP contribution < -0.4 is 9.47 Å². The molecule has 3 heterocycles. The van der Waals surface area contributed by atoms with E-state index in [0.29, 0.717) is 33.5 Å². The molecule has 0 atom stereocenters. The molecule has 2 aliphatic rings. The van der Waals surface area contributed by atoms with Crippen molar-refractivity contribution in [2.75, 3.05) is 6.79 Å². The van der Waals surface area contributed by atoms with Gasteiger partial charge in [-0.05, 0) is 47.5 Å². The first kappa shape index (κ1) is 19.4. The molecule has 3 aromatic rings. The van der Waals surface area contributed by atoms with E-state index in [9.17, 15) is 14.0 Å². The Kier molecular flexibility index (Phi) is 4.99. The second-order valence-corrected chi connectivity index (χ2v) is 7.95. The molecule has 2 amide bonds. The number of imide groups is 1. The van der Waals surface area contributed by atoms with E-state index >= 15 is 0 Å². The number of fused-ring (bicyclic) bond motifs is 1. The van der Waals surface area contributed by atoms with Crippen LogP contribution in [0.15, 0.2) is 70.2 Å². The number of halogens is 1. The SMILES string of the molecule is O=C1C(SCc2ccco2)=C(c2ccc(F)cc2)C(=O)N1Cc1ccc2c(c1)OCO2. The summed E-state index contributed by atoms with van der Waals surface area (Å²) in [5.41, 5.74) is 1.50. The van der Waals surface area contributed by atoms with Crippen LogP contribution in [-0.4, -0.2) is 23.5 Å². The van der Waals surface area contributed by atoms with Gasteiger partial charge in [-0.3, -0.25) is 14.5 Å². The van der Waals surface area contributed by atoms with Crippen LogP contribution in [0.5, 0.6) is 11.5 Å². The van der Waals surface area contributed by atoms with Crippen LogP contribution in [0, 0.1) is 5.82 Å². The molecule has 2 aromatic carbocycles. The maximum Gasteiger partial charge on any atom is 0.268 e. The molecule has 0 fully saturated rings. The Labute approximate surface area is 181 Å². The van der Waals surface area contributed by atoms with E-state index in [2.05, 4.69) is 0 Å². The molecule has 0 spiro atoms. The molecule has 0 saturated carbocycles. The molecule has 0 bridgehead atoms. The number of carbonyl (C=O) groups excluding carboxylic acids is 2. The fourth-order valence-corrected chi connectivity index (χ4v) is 4.50. The topological polar surface area (TPSA) is 69.0 Å². The number of nitrogens with zero attached hydrogens (tertiary/aromatic N) is 1. The molecule has 6 nitrogen and oxygen atoms in total. The number of thioether (sulfide) groups is 1. The lowest BCUT2D eigenvalue weighted by molar-refractivity contribution is -0.137. The highest BCUT2D eigenvalue weighted by Crippen LogP contribution is 2.39. The number of hydrogen-bond donors (Lipinski definition) is 0. The summed E-state index contributed by atoms with van der Waals surface area (Å²) in [7, 11) is 0. The van der Waals surface area contributed by atoms with Gasteiger partial charge in [0.15, 0.2) is 11.5 Å². The van der Waals surface area contributed by atoms with Crippen LogP contribution in [0.25, 0.3) is 5.57 Å². The molecule has 0 saturated heterocycles. The van der Waals surface area contributed by atoms with E-state index in [1.54, 1.807) is 36.6 Å². The molecule has 2 aliphatic heterocycles. The Morgan fingerprint density at radius 2 is 1.77 bits per heavy atom. The minimum atomic E-state index is -0.420. The van der Waals surface area contributed by atoms with E-state index in [1.165, 1.54) is 40.9 Å². The molecule has 5 rings (SSSR count). The molecule has 0 N–H and O–H groups in total. The second-order valence-electron chi connectivity index (χ2n) is 6.96. The van der Waals surface area contributed by atoms with Crippen LogP contribution in [0.1, 0.15) is 16.9 Å². The van der Waals surface area contributed by atoms with E-state index in [-0.39, 0.29) is 18.9 Å². The highest BCUT2D eigenvalue weighted by Gasteiger charge is 2.39. The molecule has 0 aliphatic carbocycles. The van der Waals surface area contributed by atoms with Crippen molar-refractivity contribution in [2.45, 2.75) is 12.3 Å². The Balaban J connectivity index is 1.46. The zero-order chi connectivity index (χ0) is 21.4. The normalized spacial score (nSPS) is 15.3. The second kappa shape index (κ2) is 7.96. The highest BCUT2D eigenvalue weighted by atomic mass is 32.2. The van der Waals surface area contributed by atoms with Gasteiger partial charge in [0.2, 0.25) is 6.79 Å². The third kappa shape index (κ3) is 3.70. The summed E-state index contributed by atoms with van der Waals surface area (Å²) < 4.78 is 29.5. The highest BCUT2D eigenvalue weighted by molar-refractivity contribution is 8.03. The molecule has 156 valence electrons. The Bertz CT molecular complexity index is 1190. The van der Waals surface area contributed by atoms with Gasteiger partial charge in [0, 0.05) is 0 Å². The van der Waals surface area contributed by atoms with Gasteiger partial charge in [-0.25, -0.2) is 4.39 Å². The van der Waals surface area contributed by atoms with Crippen molar-refractivity contribution < 1.29 is 27.9 Å². The van der Waals surface area contributed by atoms with E-state index in [4.69, 9.17) is 13.9 Å². The fourth-order valence-electron chi connectivity index (χ4n) is 3.46. The van der Waals surface area contributed by atoms with Gasteiger partial charge in [0.05, 0.1) is 29.0 Å². The van der Waals surface area contributed by atoms with Crippen molar-refractivity contribution >= 4 is 29.1 Å². The van der Waals surface area contributed by atoms with Gasteiger partial charge in [0.25, 0.3) is 11.8 Å². The third-order valence-corrected chi connectivity index (χ3v) is 6.07. The van der Waals surface area contributed by atoms with Gasteiger partial charge in [0.1, 0.15) is 11.6 Å². The number of amides is 2. The molecule has 0 radical (unpaired) electrons. The maximum atomic E-state index is 13.4. The minimum Gasteiger partial charge on any atom is -0.468 e. The number of furan rings is 1. The van der Waals surface area contributed by atoms with Crippen LogP contribution in [-0.2, 0) is 21.9 Å². The van der Waals surface area contributed by atoms with Crippen LogP contribution in [0.2, 0.25) is 0 Å². The van der Waals surface area contributed by atoms with Crippen molar-refractivity contribution in [3.8, 4) is 11.5 Å². The van der Waals surface area contributed by atoms with Crippen molar-refractivity contribution in [3.05, 3.63) is 88.5 Å². The summed E-state index contributed by atoms with van der Waals surface area (Å²) in [4.78, 5) is 28.0. The molecule has 31 heavy (non-hydrogen) atoms. The lowest BCUT2D eigenvalue weighted by Crippen LogP contribution is -2.30. The Morgan fingerprint density at radius 1 is 0.968 bits per heavy atom. The summed E-state index contributed by atoms with van der Waals surface area (Å²) in [6.45, 7) is 0.230. The van der Waals surface area contributed by atoms with Gasteiger partial charge < -0.3 is 13.9 Å². The molecule has 1 aromatic heterocycles. The van der Waals surface area contributed by atoms with Crippen LogP contribution in [0.4, 0.5) is 4.39 Å². The number of benzene rings is 2. The fraction of sp³-hybridized carbons (Fsp3) is 0.130. The van der Waals surface area contributed by atoms with Gasteiger partial charge in [-0.2, -0.15) is 0 Å². The van der Waals surface area contributed by atoms with E-state index in [0.717, 1.165) is 5.56 Å². The van der Waals surface area contributed by atoms with Gasteiger partial charge in [-0.1, -0.05) is 18.2 Å². The smallest absolute Gasteiger partial charge is 0.268 e. The first-order valence-corrected chi connectivity index (χ1v) is 10.5. The molecular weight excluding hydrogens is 421 g/mol. The van der Waals surface area contributed by atoms with E-state index < -0.39 is 17.6 Å². The zero-order valence-electron chi connectivity index (χ0n) is 16.2. The monoisotopic (exact) mass is 437 g/mol. The third-order valence-electron chi connectivity index (χ3n) is 4.97. The maximum absolute atomic E-state index is 13.4. The van der Waals surface area contributed by atoms with Crippen molar-refractivity contribution in [2.24, 2.45) is 0 Å². The molecule has 0 unspecified atom stereocenters. The van der Waals surface area contributed by atoms with Crippen LogP contribution in [0.3, 0.4) is 0 Å². The number of carbonyl (C=O) groups is 2. The lowest BCUT2D eigenvalue weighted by Gasteiger charge is -2.15. The first-order valence-electron chi connectivity index (χ1n) is 9.50. The summed E-state index contributed by atoms with van der Waals surface area (Å²) >= 11 is 1.23. The zero-order valence-corrected chi connectivity index (χ0v) is 17.0. The Hall–Kier alpha value is -3.52. The standard InChI is InChI=1S/C23H16FNO5S/c24-16-6-4-15(5-7-16)20-21(31-12-17-2-1-9-28-17)23(27)25(22(20)26)11-14-3-8-18-19(10-14)30-13-29-18/h1-10H,11-13H2. The van der Waals surface area contributed by atoms with E-state index in [1.807, 2.05) is 0 Å². The number of ether oxygens (including phenoxy) is 2. The van der Waals surface area contributed by atoms with Crippen molar-refractivity contribution in [1.29, 1.82) is 0 Å². The summed E-state index contributed by atoms with van der Waals surface area (Å²) in [5.74, 6) is 1.06. The Morgan fingerprint density at radius 3 is 2.55 bits per heavy atom. The quantitative estimate of drug-likeness (QED) is 0.534. The summed E-state index contributed by atoms with van der Waals surface area (Å²) in [6.07, 6.45) is 1.55. The van der Waals surface area contributed by atoms with Gasteiger partial charge >= 0.3 is 0 Å². The molecule has 8 heteroatoms. The first-order chi connectivity index (χ1) is 15.1. The average Bonchev–Trinajstić information content (AvgIpc) is 3.50. The average molecular weight is 437 g/mol. The van der Waals surface area contributed by atoms with Gasteiger partial charge in [-0.15, -0.1) is 11.8 Å².